The number of carboxylic acids is 1. The van der Waals surface area contributed by atoms with Crippen molar-refractivity contribution in [3.63, 3.8) is 0 Å². The quantitative estimate of drug-likeness (QED) is 0.830. The predicted molar refractivity (Wildman–Crippen MR) is 75.7 cm³/mol. The van der Waals surface area contributed by atoms with Crippen molar-refractivity contribution in [2.75, 3.05) is 14.2 Å². The molecule has 0 heterocycles. The van der Waals surface area contributed by atoms with Crippen molar-refractivity contribution in [3.05, 3.63) is 29.3 Å². The van der Waals surface area contributed by atoms with Gasteiger partial charge in [-0.05, 0) is 24.6 Å². The molecule has 0 radical (unpaired) electrons. The molecule has 0 bridgehead atoms. The summed E-state index contributed by atoms with van der Waals surface area (Å²) in [5.74, 6) is -0.204. The molecule has 0 aliphatic heterocycles. The van der Waals surface area contributed by atoms with Gasteiger partial charge in [0.15, 0.2) is 0 Å². The number of hydrogen-bond donors (Lipinski definition) is 2. The van der Waals surface area contributed by atoms with Gasteiger partial charge in [0.2, 0.25) is 0 Å². The van der Waals surface area contributed by atoms with Gasteiger partial charge in [-0.1, -0.05) is 32.9 Å². The molecule has 2 atom stereocenters. The van der Waals surface area contributed by atoms with Crippen molar-refractivity contribution in [1.82, 2.24) is 5.32 Å². The van der Waals surface area contributed by atoms with Gasteiger partial charge >= 0.3 is 5.97 Å². The maximum absolute atomic E-state index is 11.2. The van der Waals surface area contributed by atoms with Gasteiger partial charge in [0.25, 0.3) is 0 Å². The summed E-state index contributed by atoms with van der Waals surface area (Å²) in [4.78, 5) is 11.2. The predicted octanol–water partition coefficient (Wildman–Crippen LogP) is 2.80. The molecule has 0 aromatic heterocycles. The number of methoxy groups -OCH3 is 1. The normalized spacial score (nSPS) is 14.2. The van der Waals surface area contributed by atoms with Crippen LogP contribution in [0, 0.1) is 5.92 Å². The molecule has 0 fully saturated rings. The van der Waals surface area contributed by atoms with E-state index in [2.05, 4.69) is 19.2 Å². The molecule has 19 heavy (non-hydrogen) atoms. The minimum atomic E-state index is -0.825. The number of carbonyl (C=O) groups is 1. The van der Waals surface area contributed by atoms with Crippen molar-refractivity contribution >= 4 is 5.97 Å². The second kappa shape index (κ2) is 6.57. The van der Waals surface area contributed by atoms with E-state index in [1.54, 1.807) is 21.1 Å². The van der Waals surface area contributed by atoms with Crippen molar-refractivity contribution in [1.29, 1.82) is 0 Å². The average Bonchev–Trinajstić information content (AvgIpc) is 2.39. The summed E-state index contributed by atoms with van der Waals surface area (Å²) in [6, 6.07) is 5.70. The first-order valence-corrected chi connectivity index (χ1v) is 6.50. The molecule has 0 saturated carbocycles. The highest BCUT2D eigenvalue weighted by Gasteiger charge is 2.26. The van der Waals surface area contributed by atoms with Crippen LogP contribution < -0.4 is 10.1 Å². The number of ether oxygens (including phenoxy) is 1. The lowest BCUT2D eigenvalue weighted by Gasteiger charge is -2.23. The topological polar surface area (TPSA) is 58.6 Å². The molecule has 1 aromatic rings. The molecule has 0 aliphatic carbocycles. The van der Waals surface area contributed by atoms with Crippen LogP contribution >= 0.6 is 0 Å². The molecule has 0 spiro atoms. The van der Waals surface area contributed by atoms with Crippen LogP contribution in [-0.2, 0) is 4.79 Å². The zero-order chi connectivity index (χ0) is 14.6. The highest BCUT2D eigenvalue weighted by atomic mass is 16.5. The van der Waals surface area contributed by atoms with Gasteiger partial charge in [0, 0.05) is 11.6 Å². The molecule has 2 unspecified atom stereocenters. The second-order valence-corrected chi connectivity index (χ2v) is 5.05. The lowest BCUT2D eigenvalue weighted by Crippen LogP contribution is -2.29. The Morgan fingerprint density at radius 2 is 1.95 bits per heavy atom. The molecule has 1 aromatic carbocycles. The first kappa shape index (κ1) is 15.5. The van der Waals surface area contributed by atoms with E-state index in [0.717, 1.165) is 11.3 Å². The van der Waals surface area contributed by atoms with Crippen LogP contribution in [0.4, 0.5) is 0 Å². The minimum absolute atomic E-state index is 0.270. The Balaban J connectivity index is 3.20. The number of carboxylic acid groups (broad SMARTS) is 1. The van der Waals surface area contributed by atoms with Gasteiger partial charge in [-0.25, -0.2) is 0 Å². The number of aliphatic carboxylic acids is 1. The number of benzene rings is 1. The van der Waals surface area contributed by atoms with Crippen LogP contribution in [0.2, 0.25) is 0 Å². The lowest BCUT2D eigenvalue weighted by molar-refractivity contribution is -0.142. The number of nitrogens with one attached hydrogen (secondary N) is 1. The average molecular weight is 265 g/mol. The van der Waals surface area contributed by atoms with E-state index in [0.29, 0.717) is 5.92 Å². The largest absolute Gasteiger partial charge is 0.496 e. The molecule has 4 heteroatoms. The Labute approximate surface area is 114 Å². The van der Waals surface area contributed by atoms with Crippen LogP contribution in [0.3, 0.4) is 0 Å². The summed E-state index contributed by atoms with van der Waals surface area (Å²) >= 11 is 0. The van der Waals surface area contributed by atoms with Crippen LogP contribution in [0.25, 0.3) is 0 Å². The first-order chi connectivity index (χ1) is 8.92. The second-order valence-electron chi connectivity index (χ2n) is 5.05. The highest BCUT2D eigenvalue weighted by Crippen LogP contribution is 2.32. The van der Waals surface area contributed by atoms with Crippen molar-refractivity contribution in [2.45, 2.75) is 32.7 Å². The smallest absolute Gasteiger partial charge is 0.308 e. The first-order valence-electron chi connectivity index (χ1n) is 6.50. The SMILES string of the molecule is CNC(c1ccc(C(C)C)cc1OC)C(C)C(=O)O. The summed E-state index contributed by atoms with van der Waals surface area (Å²) in [6.45, 7) is 5.92. The Kier molecular flexibility index (Phi) is 5.36. The summed E-state index contributed by atoms with van der Waals surface area (Å²) in [7, 11) is 3.38. The summed E-state index contributed by atoms with van der Waals surface area (Å²) in [6.07, 6.45) is 0. The van der Waals surface area contributed by atoms with Gasteiger partial charge in [-0.3, -0.25) is 4.79 Å². The fraction of sp³-hybridized carbons (Fsp3) is 0.533. The molecular weight excluding hydrogens is 242 g/mol. The zero-order valence-corrected chi connectivity index (χ0v) is 12.2. The van der Waals surface area contributed by atoms with Gasteiger partial charge < -0.3 is 15.2 Å². The van der Waals surface area contributed by atoms with Crippen molar-refractivity contribution in [3.8, 4) is 5.75 Å². The molecule has 0 aliphatic rings. The van der Waals surface area contributed by atoms with Gasteiger partial charge in [-0.2, -0.15) is 0 Å². The third-order valence-electron chi connectivity index (χ3n) is 3.46. The van der Waals surface area contributed by atoms with Gasteiger partial charge in [0.05, 0.1) is 13.0 Å². The van der Waals surface area contributed by atoms with Crippen LogP contribution in [-0.4, -0.2) is 25.2 Å². The fourth-order valence-corrected chi connectivity index (χ4v) is 2.16. The molecule has 106 valence electrons. The molecular formula is C15H23NO3. The van der Waals surface area contributed by atoms with Crippen molar-refractivity contribution in [2.24, 2.45) is 5.92 Å². The monoisotopic (exact) mass is 265 g/mol. The van der Waals surface area contributed by atoms with Crippen molar-refractivity contribution < 1.29 is 14.6 Å². The molecule has 2 N–H and O–H groups in total. The minimum Gasteiger partial charge on any atom is -0.496 e. The van der Waals surface area contributed by atoms with E-state index in [1.807, 2.05) is 18.2 Å². The number of hydrogen-bond acceptors (Lipinski definition) is 3. The Bertz CT molecular complexity index is 443. The molecule has 0 amide bonds. The van der Waals surface area contributed by atoms with Crippen LogP contribution in [0.1, 0.15) is 43.9 Å². The Morgan fingerprint density at radius 1 is 1.32 bits per heavy atom. The van der Waals surface area contributed by atoms with E-state index in [-0.39, 0.29) is 6.04 Å². The molecule has 4 nitrogen and oxygen atoms in total. The summed E-state index contributed by atoms with van der Waals surface area (Å²) in [5.41, 5.74) is 2.06. The third kappa shape index (κ3) is 3.47. The van der Waals surface area contributed by atoms with E-state index in [4.69, 9.17) is 4.74 Å². The fourth-order valence-electron chi connectivity index (χ4n) is 2.16. The van der Waals surface area contributed by atoms with Gasteiger partial charge in [0.1, 0.15) is 5.75 Å². The molecule has 1 rings (SSSR count). The van der Waals surface area contributed by atoms with Gasteiger partial charge in [-0.15, -0.1) is 0 Å². The van der Waals surface area contributed by atoms with E-state index in [1.165, 1.54) is 5.56 Å². The van der Waals surface area contributed by atoms with Crippen LogP contribution in [0.15, 0.2) is 18.2 Å². The third-order valence-corrected chi connectivity index (χ3v) is 3.46. The molecule has 0 saturated heterocycles. The highest BCUT2D eigenvalue weighted by molar-refractivity contribution is 5.71. The Morgan fingerprint density at radius 3 is 2.37 bits per heavy atom. The zero-order valence-electron chi connectivity index (χ0n) is 12.2. The lowest BCUT2D eigenvalue weighted by atomic mass is 9.91. The standard InChI is InChI=1S/C15H23NO3/c1-9(2)11-6-7-12(13(8-11)19-5)14(16-4)10(3)15(17)18/h6-10,14,16H,1-5H3,(H,17,18). The maximum Gasteiger partial charge on any atom is 0.308 e. The summed E-state index contributed by atoms with van der Waals surface area (Å²) < 4.78 is 5.42. The Hall–Kier alpha value is -1.55. The summed E-state index contributed by atoms with van der Waals surface area (Å²) in [5, 5.41) is 12.2. The number of rotatable bonds is 6. The van der Waals surface area contributed by atoms with Crippen LogP contribution in [0.5, 0.6) is 5.75 Å². The van der Waals surface area contributed by atoms with E-state index in [9.17, 15) is 9.90 Å². The van der Waals surface area contributed by atoms with E-state index < -0.39 is 11.9 Å². The van der Waals surface area contributed by atoms with E-state index >= 15 is 0 Å². The maximum atomic E-state index is 11.2.